The molecule has 0 unspecified atom stereocenters. The number of aromatic carboxylic acids is 1. The zero-order valence-electron chi connectivity index (χ0n) is 12.3. The fourth-order valence-corrected chi connectivity index (χ4v) is 2.01. The molecule has 0 radical (unpaired) electrons. The van der Waals surface area contributed by atoms with Gasteiger partial charge in [-0.25, -0.2) is 4.79 Å². The van der Waals surface area contributed by atoms with Gasteiger partial charge in [-0.2, -0.15) is 5.10 Å². The van der Waals surface area contributed by atoms with Crippen molar-refractivity contribution in [1.29, 1.82) is 0 Å². The van der Waals surface area contributed by atoms with E-state index in [0.717, 1.165) is 5.56 Å². The minimum Gasteiger partial charge on any atom is -0.507 e. The summed E-state index contributed by atoms with van der Waals surface area (Å²) in [6.45, 7) is 1.79. The predicted octanol–water partition coefficient (Wildman–Crippen LogP) is 2.72. The molecule has 7 heteroatoms. The normalized spacial score (nSPS) is 10.5. The van der Waals surface area contributed by atoms with Crippen molar-refractivity contribution in [3.05, 3.63) is 59.2 Å². The number of carboxylic acid groups (broad SMARTS) is 1. The van der Waals surface area contributed by atoms with E-state index in [1.807, 2.05) is 6.07 Å². The Kier molecular flexibility index (Phi) is 5.27. The van der Waals surface area contributed by atoms with Crippen molar-refractivity contribution in [2.24, 2.45) is 5.10 Å². The van der Waals surface area contributed by atoms with Crippen molar-refractivity contribution in [2.45, 2.75) is 6.92 Å². The minimum atomic E-state index is -1.01. The first-order chi connectivity index (χ1) is 11.0. The number of hydrazone groups is 1. The Hall–Kier alpha value is -2.93. The first kappa shape index (κ1) is 16.4. The molecule has 0 amide bonds. The molecule has 2 aromatic carbocycles. The largest absolute Gasteiger partial charge is 0.507 e. The maximum atomic E-state index is 10.9. The molecular weight excluding hydrogens is 314 g/mol. The number of anilines is 1. The van der Waals surface area contributed by atoms with E-state index in [1.165, 1.54) is 18.3 Å². The maximum Gasteiger partial charge on any atom is 0.335 e. The number of rotatable bonds is 4. The lowest BCUT2D eigenvalue weighted by Gasteiger charge is -2.07. The number of hydrogen-bond acceptors (Lipinski definition) is 4. The van der Waals surface area contributed by atoms with E-state index in [2.05, 4.69) is 15.8 Å². The van der Waals surface area contributed by atoms with Crippen molar-refractivity contribution < 1.29 is 15.0 Å². The van der Waals surface area contributed by atoms with E-state index in [4.69, 9.17) is 17.3 Å². The Morgan fingerprint density at radius 2 is 2.00 bits per heavy atom. The summed E-state index contributed by atoms with van der Waals surface area (Å²) in [6, 6.07) is 11.6. The van der Waals surface area contributed by atoms with Crippen LogP contribution in [0.2, 0.25) is 0 Å². The van der Waals surface area contributed by atoms with Crippen LogP contribution in [0.5, 0.6) is 5.75 Å². The van der Waals surface area contributed by atoms with Crippen LogP contribution < -0.4 is 10.7 Å². The molecule has 0 aliphatic heterocycles. The van der Waals surface area contributed by atoms with Gasteiger partial charge in [-0.3, -0.25) is 5.43 Å². The monoisotopic (exact) mass is 329 g/mol. The number of aryl methyl sites for hydroxylation is 1. The quantitative estimate of drug-likeness (QED) is 0.391. The van der Waals surface area contributed by atoms with Gasteiger partial charge in [-0.05, 0) is 49.0 Å². The summed E-state index contributed by atoms with van der Waals surface area (Å²) in [4.78, 5) is 10.9. The molecule has 4 N–H and O–H groups in total. The number of carboxylic acids is 1. The van der Waals surface area contributed by atoms with E-state index in [9.17, 15) is 9.90 Å². The van der Waals surface area contributed by atoms with E-state index in [1.54, 1.807) is 31.2 Å². The second-order valence-corrected chi connectivity index (χ2v) is 5.13. The molecule has 0 heterocycles. The second kappa shape index (κ2) is 7.37. The molecule has 23 heavy (non-hydrogen) atoms. The molecule has 2 rings (SSSR count). The topological polar surface area (TPSA) is 94.0 Å². The fourth-order valence-electron chi connectivity index (χ4n) is 1.84. The first-order valence-electron chi connectivity index (χ1n) is 6.69. The number of phenolic OH excluding ortho intramolecular Hbond substituents is 1. The van der Waals surface area contributed by atoms with Gasteiger partial charge in [-0.15, -0.1) is 0 Å². The van der Waals surface area contributed by atoms with Crippen molar-refractivity contribution >= 4 is 35.2 Å². The summed E-state index contributed by atoms with van der Waals surface area (Å²) in [7, 11) is 0. The summed E-state index contributed by atoms with van der Waals surface area (Å²) >= 11 is 5.07. The van der Waals surface area contributed by atoms with Crippen LogP contribution in [0.1, 0.15) is 21.5 Å². The molecule has 0 aliphatic carbocycles. The van der Waals surface area contributed by atoms with Crippen LogP contribution in [0.15, 0.2) is 47.6 Å². The van der Waals surface area contributed by atoms with Gasteiger partial charge in [0.2, 0.25) is 0 Å². The SMILES string of the molecule is Cc1cccc(/C=N/NC(=S)Nc2cccc(C(=O)O)c2)c1O. The smallest absolute Gasteiger partial charge is 0.335 e. The molecule has 0 aliphatic rings. The van der Waals surface area contributed by atoms with Crippen LogP contribution in [0.3, 0.4) is 0 Å². The van der Waals surface area contributed by atoms with Crippen molar-refractivity contribution in [1.82, 2.24) is 5.43 Å². The van der Waals surface area contributed by atoms with Crippen LogP contribution in [-0.4, -0.2) is 27.5 Å². The van der Waals surface area contributed by atoms with Crippen molar-refractivity contribution in [2.75, 3.05) is 5.32 Å². The number of thiocarbonyl (C=S) groups is 1. The van der Waals surface area contributed by atoms with Gasteiger partial charge in [0.05, 0.1) is 11.8 Å². The zero-order valence-corrected chi connectivity index (χ0v) is 13.1. The maximum absolute atomic E-state index is 10.9. The molecule has 0 spiro atoms. The van der Waals surface area contributed by atoms with E-state index in [-0.39, 0.29) is 16.4 Å². The molecule has 0 fully saturated rings. The number of nitrogens with zero attached hydrogens (tertiary/aromatic N) is 1. The third-order valence-electron chi connectivity index (χ3n) is 3.01. The second-order valence-electron chi connectivity index (χ2n) is 4.72. The molecule has 0 bridgehead atoms. The van der Waals surface area contributed by atoms with Crippen LogP contribution in [0, 0.1) is 6.92 Å². The number of hydrogen-bond donors (Lipinski definition) is 4. The third kappa shape index (κ3) is 4.52. The summed E-state index contributed by atoms with van der Waals surface area (Å²) in [5.41, 5.74) is 4.62. The standard InChI is InChI=1S/C16H15N3O3S/c1-10-4-2-6-12(14(10)20)9-17-19-16(23)18-13-7-3-5-11(8-13)15(21)22/h2-9,20H,1H3,(H,21,22)(H2,18,19,23)/b17-9+. The van der Waals surface area contributed by atoms with Crippen LogP contribution >= 0.6 is 12.2 Å². The Labute approximate surface area is 138 Å². The lowest BCUT2D eigenvalue weighted by atomic mass is 10.1. The fraction of sp³-hybridized carbons (Fsp3) is 0.0625. The average molecular weight is 329 g/mol. The summed E-state index contributed by atoms with van der Waals surface area (Å²) < 4.78 is 0. The Bertz CT molecular complexity index is 775. The lowest BCUT2D eigenvalue weighted by Crippen LogP contribution is -2.24. The lowest BCUT2D eigenvalue weighted by molar-refractivity contribution is 0.0697. The zero-order chi connectivity index (χ0) is 16.8. The van der Waals surface area contributed by atoms with Gasteiger partial charge in [-0.1, -0.05) is 18.2 Å². The number of aromatic hydroxyl groups is 1. The summed E-state index contributed by atoms with van der Waals surface area (Å²) in [5.74, 6) is -0.855. The highest BCUT2D eigenvalue weighted by Gasteiger charge is 2.04. The Morgan fingerprint density at radius 1 is 1.26 bits per heavy atom. The highest BCUT2D eigenvalue weighted by molar-refractivity contribution is 7.80. The summed E-state index contributed by atoms with van der Waals surface area (Å²) in [6.07, 6.45) is 1.45. The predicted molar refractivity (Wildman–Crippen MR) is 93.2 cm³/mol. The van der Waals surface area contributed by atoms with Crippen molar-refractivity contribution in [3.63, 3.8) is 0 Å². The highest BCUT2D eigenvalue weighted by Crippen LogP contribution is 2.19. The van der Waals surface area contributed by atoms with Gasteiger partial charge < -0.3 is 15.5 Å². The molecular formula is C16H15N3O3S. The number of phenols is 1. The van der Waals surface area contributed by atoms with E-state index in [0.29, 0.717) is 11.3 Å². The van der Waals surface area contributed by atoms with Crippen molar-refractivity contribution in [3.8, 4) is 5.75 Å². The van der Waals surface area contributed by atoms with Crippen LogP contribution in [0.25, 0.3) is 0 Å². The number of benzene rings is 2. The molecule has 0 saturated heterocycles. The van der Waals surface area contributed by atoms with Gasteiger partial charge in [0, 0.05) is 11.3 Å². The molecule has 0 aromatic heterocycles. The average Bonchev–Trinajstić information content (AvgIpc) is 2.51. The Morgan fingerprint density at radius 3 is 2.74 bits per heavy atom. The first-order valence-corrected chi connectivity index (χ1v) is 7.10. The molecule has 0 atom stereocenters. The third-order valence-corrected chi connectivity index (χ3v) is 3.20. The number of carbonyl (C=O) groups is 1. The van der Waals surface area contributed by atoms with Gasteiger partial charge in [0.15, 0.2) is 5.11 Å². The molecule has 118 valence electrons. The van der Waals surface area contributed by atoms with Crippen LogP contribution in [-0.2, 0) is 0 Å². The van der Waals surface area contributed by atoms with Gasteiger partial charge in [0.1, 0.15) is 5.75 Å². The number of nitrogens with one attached hydrogen (secondary N) is 2. The van der Waals surface area contributed by atoms with Crippen LogP contribution in [0.4, 0.5) is 5.69 Å². The van der Waals surface area contributed by atoms with E-state index < -0.39 is 5.97 Å². The molecule has 0 saturated carbocycles. The van der Waals surface area contributed by atoms with Gasteiger partial charge in [0.25, 0.3) is 0 Å². The highest BCUT2D eigenvalue weighted by atomic mass is 32.1. The number of para-hydroxylation sites is 1. The van der Waals surface area contributed by atoms with E-state index >= 15 is 0 Å². The van der Waals surface area contributed by atoms with Gasteiger partial charge >= 0.3 is 5.97 Å². The Balaban J connectivity index is 1.97. The molecule has 2 aromatic rings. The molecule has 6 nitrogen and oxygen atoms in total. The summed E-state index contributed by atoms with van der Waals surface area (Å²) in [5, 5.41) is 25.8. The minimum absolute atomic E-state index is 0.158.